The van der Waals surface area contributed by atoms with Crippen molar-refractivity contribution in [3.05, 3.63) is 141 Å². The SMILES string of the molecule is CCCC(C)(C)c1ccc2c(c1)OC(C)(C)[C@@H]1CC=C(C)C[C@@H]21.CN=C(NS(=O)(=O)c1ccc(Cl)cc1)N1CC(c2ccccc2)C(c2ccc(Cl)cc2)=N1. The third-order valence-corrected chi connectivity index (χ3v) is 13.0. The first-order valence-electron chi connectivity index (χ1n) is 19.0. The second-order valence-corrected chi connectivity index (χ2v) is 18.5. The van der Waals surface area contributed by atoms with Gasteiger partial charge in [0.25, 0.3) is 10.0 Å². The minimum atomic E-state index is -3.86. The van der Waals surface area contributed by atoms with Crippen LogP contribution in [0.5, 0.6) is 5.75 Å². The highest BCUT2D eigenvalue weighted by Gasteiger charge is 2.44. The lowest BCUT2D eigenvalue weighted by Gasteiger charge is -2.47. The molecule has 1 unspecified atom stereocenters. The van der Waals surface area contributed by atoms with Gasteiger partial charge in [0, 0.05) is 28.9 Å². The lowest BCUT2D eigenvalue weighted by Crippen LogP contribution is -2.45. The summed E-state index contributed by atoms with van der Waals surface area (Å²) in [5.74, 6) is 2.39. The Bertz CT molecular complexity index is 2180. The molecule has 3 aliphatic rings. The zero-order valence-electron chi connectivity index (χ0n) is 32.8. The first kappa shape index (κ1) is 40.6. The van der Waals surface area contributed by atoms with Crippen LogP contribution in [-0.4, -0.2) is 44.3 Å². The molecular formula is C45H52Cl2N4O3S. The van der Waals surface area contributed by atoms with Crippen LogP contribution in [0.4, 0.5) is 0 Å². The topological polar surface area (TPSA) is 83.4 Å². The molecule has 2 heterocycles. The number of fused-ring (bicyclic) bond motifs is 3. The zero-order valence-corrected chi connectivity index (χ0v) is 35.1. The van der Waals surface area contributed by atoms with Gasteiger partial charge < -0.3 is 4.74 Å². The maximum absolute atomic E-state index is 12.9. The highest BCUT2D eigenvalue weighted by atomic mass is 35.5. The van der Waals surface area contributed by atoms with Gasteiger partial charge in [-0.15, -0.1) is 0 Å². The van der Waals surface area contributed by atoms with Crippen LogP contribution in [0.15, 0.2) is 124 Å². The molecule has 7 nitrogen and oxygen atoms in total. The summed E-state index contributed by atoms with van der Waals surface area (Å²) in [6.07, 6.45) is 7.17. The lowest BCUT2D eigenvalue weighted by molar-refractivity contribution is 0.00837. The average molecular weight is 800 g/mol. The van der Waals surface area contributed by atoms with Gasteiger partial charge >= 0.3 is 0 Å². The van der Waals surface area contributed by atoms with E-state index in [2.05, 4.69) is 75.5 Å². The Morgan fingerprint density at radius 3 is 2.27 bits per heavy atom. The minimum Gasteiger partial charge on any atom is -0.487 e. The Morgan fingerprint density at radius 1 is 0.982 bits per heavy atom. The summed E-state index contributed by atoms with van der Waals surface area (Å²) in [7, 11) is -2.34. The number of nitrogens with zero attached hydrogens (tertiary/aromatic N) is 3. The summed E-state index contributed by atoms with van der Waals surface area (Å²) >= 11 is 11.9. The summed E-state index contributed by atoms with van der Waals surface area (Å²) in [6.45, 7) is 14.2. The number of benzene rings is 4. The molecule has 0 aromatic heterocycles. The molecule has 290 valence electrons. The third kappa shape index (κ3) is 9.14. The molecule has 0 radical (unpaired) electrons. The van der Waals surface area contributed by atoms with E-state index >= 15 is 0 Å². The van der Waals surface area contributed by atoms with Crippen LogP contribution in [0.25, 0.3) is 0 Å². The smallest absolute Gasteiger partial charge is 0.264 e. The number of hydrazone groups is 1. The van der Waals surface area contributed by atoms with Crippen LogP contribution in [-0.2, 0) is 15.4 Å². The molecule has 0 fully saturated rings. The van der Waals surface area contributed by atoms with Crippen molar-refractivity contribution in [2.24, 2.45) is 16.0 Å². The summed E-state index contributed by atoms with van der Waals surface area (Å²) in [5.41, 5.74) is 7.29. The number of hydrogen-bond acceptors (Lipinski definition) is 5. The molecule has 0 spiro atoms. The molecule has 2 aliphatic heterocycles. The van der Waals surface area contributed by atoms with Crippen LogP contribution in [0.3, 0.4) is 0 Å². The Hall–Kier alpha value is -4.11. The molecule has 4 aromatic rings. The number of sulfonamides is 1. The third-order valence-electron chi connectivity index (χ3n) is 11.1. The van der Waals surface area contributed by atoms with Gasteiger partial charge in [-0.25, -0.2) is 18.1 Å². The largest absolute Gasteiger partial charge is 0.487 e. The molecule has 4 aromatic carbocycles. The van der Waals surface area contributed by atoms with E-state index in [0.717, 1.165) is 29.0 Å². The number of allylic oxidation sites excluding steroid dienone is 2. The average Bonchev–Trinajstić information content (AvgIpc) is 3.60. The quantitative estimate of drug-likeness (QED) is 0.115. The summed E-state index contributed by atoms with van der Waals surface area (Å²) in [5, 5.41) is 7.40. The summed E-state index contributed by atoms with van der Waals surface area (Å²) < 4.78 is 34.8. The van der Waals surface area contributed by atoms with Gasteiger partial charge in [0.2, 0.25) is 5.96 Å². The maximum Gasteiger partial charge on any atom is 0.264 e. The van der Waals surface area contributed by atoms with Crippen LogP contribution in [0.2, 0.25) is 10.0 Å². The normalized spacial score (nSPS) is 20.6. The highest BCUT2D eigenvalue weighted by molar-refractivity contribution is 7.90. The van der Waals surface area contributed by atoms with E-state index in [0.29, 0.717) is 28.4 Å². The molecular weight excluding hydrogens is 747 g/mol. The number of halogens is 2. The number of aliphatic imine (C=N–C) groups is 1. The molecule has 0 saturated carbocycles. The Kier molecular flexibility index (Phi) is 12.2. The molecule has 0 amide bonds. The Labute approximate surface area is 337 Å². The van der Waals surface area contributed by atoms with Crippen molar-refractivity contribution in [2.75, 3.05) is 13.6 Å². The molecule has 1 N–H and O–H groups in total. The van der Waals surface area contributed by atoms with E-state index in [1.807, 2.05) is 54.6 Å². The Morgan fingerprint density at radius 2 is 1.64 bits per heavy atom. The van der Waals surface area contributed by atoms with Crippen molar-refractivity contribution in [1.82, 2.24) is 9.73 Å². The fraction of sp³-hybridized carbons (Fsp3) is 0.378. The first-order valence-corrected chi connectivity index (χ1v) is 21.3. The van der Waals surface area contributed by atoms with Crippen molar-refractivity contribution < 1.29 is 13.2 Å². The lowest BCUT2D eigenvalue weighted by atomic mass is 9.67. The molecule has 1 aliphatic carbocycles. The number of hydrogen-bond donors (Lipinski definition) is 1. The number of nitrogens with one attached hydrogen (secondary N) is 1. The van der Waals surface area contributed by atoms with Gasteiger partial charge in [-0.2, -0.15) is 5.10 Å². The molecule has 3 atom stereocenters. The molecule has 55 heavy (non-hydrogen) atoms. The second-order valence-electron chi connectivity index (χ2n) is 15.9. The number of rotatable bonds is 7. The number of ether oxygens (including phenoxy) is 1. The van der Waals surface area contributed by atoms with Gasteiger partial charge in [-0.05, 0) is 116 Å². The fourth-order valence-electron chi connectivity index (χ4n) is 8.11. The van der Waals surface area contributed by atoms with Crippen LogP contribution in [0.1, 0.15) is 101 Å². The van der Waals surface area contributed by atoms with Crippen molar-refractivity contribution in [2.45, 2.75) is 95.0 Å². The predicted octanol–water partition coefficient (Wildman–Crippen LogP) is 11.1. The monoisotopic (exact) mass is 798 g/mol. The van der Waals surface area contributed by atoms with Gasteiger partial charge in [0.15, 0.2) is 0 Å². The second kappa shape index (κ2) is 16.5. The molecule has 0 bridgehead atoms. The highest BCUT2D eigenvalue weighted by Crippen LogP contribution is 2.52. The van der Waals surface area contributed by atoms with Crippen molar-refractivity contribution in [3.8, 4) is 5.75 Å². The zero-order chi connectivity index (χ0) is 39.5. The first-order chi connectivity index (χ1) is 26.1. The summed E-state index contributed by atoms with van der Waals surface area (Å²) in [4.78, 5) is 4.25. The fourth-order valence-corrected chi connectivity index (χ4v) is 9.41. The van der Waals surface area contributed by atoms with E-state index in [1.165, 1.54) is 67.3 Å². The van der Waals surface area contributed by atoms with E-state index in [1.54, 1.807) is 5.01 Å². The Balaban J connectivity index is 0.000000197. The minimum absolute atomic E-state index is 0.0749. The van der Waals surface area contributed by atoms with E-state index < -0.39 is 10.0 Å². The van der Waals surface area contributed by atoms with Gasteiger partial charge in [0.1, 0.15) is 11.4 Å². The standard InChI is InChI=1S/C23H20Cl2N4O2S.C22H32O/c1-26-23(28-32(30,31)20-13-11-19(25)12-14-20)29-15-21(16-5-3-2-4-6-16)22(27-29)17-7-9-18(24)10-8-17;1-7-12-21(3,4)16-9-10-17-18-13-15(2)8-11-19(18)22(5,6)23-20(17)14-16/h2-14,21H,15H2,1H3,(H,26,28);8-10,14,18-19H,7,11-13H2,1-6H3/t;18-,19+/m.0/s1. The predicted molar refractivity (Wildman–Crippen MR) is 227 cm³/mol. The van der Waals surface area contributed by atoms with Crippen LogP contribution >= 0.6 is 23.2 Å². The van der Waals surface area contributed by atoms with E-state index in [-0.39, 0.29) is 27.8 Å². The van der Waals surface area contributed by atoms with Crippen molar-refractivity contribution in [3.63, 3.8) is 0 Å². The molecule has 7 rings (SSSR count). The molecule has 10 heteroatoms. The van der Waals surface area contributed by atoms with Gasteiger partial charge in [-0.3, -0.25) is 4.99 Å². The van der Waals surface area contributed by atoms with Crippen LogP contribution < -0.4 is 9.46 Å². The van der Waals surface area contributed by atoms with E-state index in [4.69, 9.17) is 33.0 Å². The summed E-state index contributed by atoms with van der Waals surface area (Å²) in [6, 6.07) is 30.3. The number of guanidine groups is 1. The van der Waals surface area contributed by atoms with E-state index in [9.17, 15) is 8.42 Å². The van der Waals surface area contributed by atoms with Gasteiger partial charge in [-0.1, -0.05) is 117 Å². The maximum atomic E-state index is 12.9. The van der Waals surface area contributed by atoms with Gasteiger partial charge in [0.05, 0.1) is 17.2 Å². The van der Waals surface area contributed by atoms with Crippen LogP contribution in [0, 0.1) is 5.92 Å². The van der Waals surface area contributed by atoms with Crippen molar-refractivity contribution >= 4 is 44.9 Å². The molecule has 0 saturated heterocycles. The van der Waals surface area contributed by atoms with Crippen molar-refractivity contribution in [1.29, 1.82) is 0 Å².